The quantitative estimate of drug-likeness (QED) is 0.620. The van der Waals surface area contributed by atoms with Crippen LogP contribution in [0.25, 0.3) is 11.3 Å². The summed E-state index contributed by atoms with van der Waals surface area (Å²) in [7, 11) is 0. The van der Waals surface area contributed by atoms with Crippen LogP contribution in [0.4, 0.5) is 0 Å². The summed E-state index contributed by atoms with van der Waals surface area (Å²) in [4.78, 5) is 4.17. The minimum Gasteiger partial charge on any atom is -0.699 e. The Morgan fingerprint density at radius 1 is 1.64 bits per heavy atom. The lowest BCUT2D eigenvalue weighted by molar-refractivity contribution is 1.26. The molecule has 3 heteroatoms. The lowest BCUT2D eigenvalue weighted by atomic mass is 10.2. The molecule has 1 rings (SSSR count). The number of aromatic nitrogens is 1. The SMILES string of the molecule is C=C([NH-])C(=C)c1csc(C)n1. The Labute approximate surface area is 70.1 Å². The highest BCUT2D eigenvalue weighted by Crippen LogP contribution is 2.21. The zero-order chi connectivity index (χ0) is 8.43. The number of rotatable bonds is 2. The molecule has 0 unspecified atom stereocenters. The van der Waals surface area contributed by atoms with Crippen LogP contribution in [0.15, 0.2) is 24.2 Å². The maximum atomic E-state index is 7.20. The van der Waals surface area contributed by atoms with E-state index in [1.54, 1.807) is 11.3 Å². The molecule has 1 aromatic heterocycles. The van der Waals surface area contributed by atoms with Gasteiger partial charge in [0.25, 0.3) is 0 Å². The van der Waals surface area contributed by atoms with Crippen molar-refractivity contribution in [2.75, 3.05) is 0 Å². The van der Waals surface area contributed by atoms with Gasteiger partial charge in [0, 0.05) is 5.38 Å². The lowest BCUT2D eigenvalue weighted by Gasteiger charge is -2.07. The standard InChI is InChI=1S/C8H9N2S/c1-5(6(2)9)8-4-11-7(3)10-8/h4,9H,1-2H2,3H3/q-1. The van der Waals surface area contributed by atoms with Crippen molar-refractivity contribution in [3.05, 3.63) is 40.7 Å². The number of nitrogens with one attached hydrogen (secondary N) is 1. The molecule has 1 aromatic rings. The summed E-state index contributed by atoms with van der Waals surface area (Å²) >= 11 is 1.55. The largest absolute Gasteiger partial charge is 0.699 e. The van der Waals surface area contributed by atoms with Crippen LogP contribution in [-0.2, 0) is 0 Å². The van der Waals surface area contributed by atoms with Gasteiger partial charge in [0.2, 0.25) is 0 Å². The van der Waals surface area contributed by atoms with Crippen molar-refractivity contribution in [3.8, 4) is 0 Å². The Morgan fingerprint density at radius 3 is 2.64 bits per heavy atom. The number of nitrogens with zero attached hydrogens (tertiary/aromatic N) is 1. The van der Waals surface area contributed by atoms with E-state index in [0.717, 1.165) is 10.7 Å². The first-order chi connectivity index (χ1) is 5.11. The van der Waals surface area contributed by atoms with Crippen LogP contribution in [0, 0.1) is 6.92 Å². The summed E-state index contributed by atoms with van der Waals surface area (Å²) in [5.41, 5.74) is 8.81. The molecule has 0 saturated carbocycles. The fraction of sp³-hybridized carbons (Fsp3) is 0.125. The van der Waals surface area contributed by atoms with Crippen molar-refractivity contribution >= 4 is 16.9 Å². The maximum absolute atomic E-state index is 7.20. The third-order valence-corrected chi connectivity index (χ3v) is 2.07. The van der Waals surface area contributed by atoms with Gasteiger partial charge in [-0.05, 0) is 12.5 Å². The number of allylic oxidation sites excluding steroid dienone is 1. The van der Waals surface area contributed by atoms with E-state index < -0.39 is 0 Å². The Bertz CT molecular complexity index is 299. The second-order valence-corrected chi connectivity index (χ2v) is 3.27. The van der Waals surface area contributed by atoms with Crippen LogP contribution in [0.3, 0.4) is 0 Å². The number of hydrogen-bond donors (Lipinski definition) is 0. The monoisotopic (exact) mass is 165 g/mol. The second kappa shape index (κ2) is 2.88. The highest BCUT2D eigenvalue weighted by atomic mass is 32.1. The highest BCUT2D eigenvalue weighted by molar-refractivity contribution is 7.09. The Balaban J connectivity index is 2.94. The van der Waals surface area contributed by atoms with E-state index >= 15 is 0 Å². The average Bonchev–Trinajstić information content (AvgIpc) is 2.34. The molecule has 0 saturated heterocycles. The van der Waals surface area contributed by atoms with Crippen LogP contribution in [0.5, 0.6) is 0 Å². The zero-order valence-electron chi connectivity index (χ0n) is 6.35. The molecule has 0 aliphatic rings. The van der Waals surface area contributed by atoms with Gasteiger partial charge in [0.1, 0.15) is 0 Å². The van der Waals surface area contributed by atoms with Gasteiger partial charge in [-0.25, -0.2) is 4.98 Å². The van der Waals surface area contributed by atoms with Gasteiger partial charge in [-0.2, -0.15) is 0 Å². The highest BCUT2D eigenvalue weighted by Gasteiger charge is 1.99. The molecule has 0 aliphatic heterocycles. The van der Waals surface area contributed by atoms with Crippen molar-refractivity contribution in [1.29, 1.82) is 0 Å². The molecule has 2 nitrogen and oxygen atoms in total. The van der Waals surface area contributed by atoms with Crippen LogP contribution in [0.2, 0.25) is 0 Å². The minimum absolute atomic E-state index is 0.232. The Kier molecular flexibility index (Phi) is 2.10. The first-order valence-corrected chi connectivity index (χ1v) is 4.01. The van der Waals surface area contributed by atoms with E-state index in [1.165, 1.54) is 0 Å². The summed E-state index contributed by atoms with van der Waals surface area (Å²) in [6.07, 6.45) is 0. The van der Waals surface area contributed by atoms with Gasteiger partial charge in [0.15, 0.2) is 0 Å². The molecule has 0 amide bonds. The van der Waals surface area contributed by atoms with E-state index in [1.807, 2.05) is 12.3 Å². The van der Waals surface area contributed by atoms with Crippen molar-refractivity contribution in [2.45, 2.75) is 6.92 Å². The van der Waals surface area contributed by atoms with Crippen molar-refractivity contribution in [3.63, 3.8) is 0 Å². The number of aryl methyl sites for hydroxylation is 1. The molecular weight excluding hydrogens is 156 g/mol. The normalized spacial score (nSPS) is 9.55. The van der Waals surface area contributed by atoms with Gasteiger partial charge >= 0.3 is 0 Å². The first kappa shape index (κ1) is 8.01. The zero-order valence-corrected chi connectivity index (χ0v) is 7.16. The van der Waals surface area contributed by atoms with Gasteiger partial charge in [-0.1, -0.05) is 6.58 Å². The van der Waals surface area contributed by atoms with Crippen molar-refractivity contribution in [2.24, 2.45) is 0 Å². The predicted octanol–water partition coefficient (Wildman–Crippen LogP) is 3.03. The molecule has 0 atom stereocenters. The van der Waals surface area contributed by atoms with Crippen molar-refractivity contribution < 1.29 is 0 Å². The molecule has 0 fully saturated rings. The first-order valence-electron chi connectivity index (χ1n) is 3.13. The third kappa shape index (κ3) is 1.68. The molecule has 1 heterocycles. The molecule has 0 spiro atoms. The average molecular weight is 165 g/mol. The summed E-state index contributed by atoms with van der Waals surface area (Å²) in [5, 5.41) is 2.87. The molecular formula is C8H9N2S-. The maximum Gasteiger partial charge on any atom is 0.0901 e. The molecule has 0 aromatic carbocycles. The van der Waals surface area contributed by atoms with Crippen LogP contribution >= 0.6 is 11.3 Å². The number of hydrogen-bond acceptors (Lipinski definition) is 2. The molecule has 58 valence electrons. The van der Waals surface area contributed by atoms with Crippen molar-refractivity contribution in [1.82, 2.24) is 4.98 Å². The van der Waals surface area contributed by atoms with E-state index in [2.05, 4.69) is 18.1 Å². The van der Waals surface area contributed by atoms with Gasteiger partial charge in [0.05, 0.1) is 10.7 Å². The van der Waals surface area contributed by atoms with Crippen LogP contribution in [-0.4, -0.2) is 4.98 Å². The third-order valence-electron chi connectivity index (χ3n) is 1.29. The van der Waals surface area contributed by atoms with Gasteiger partial charge in [-0.15, -0.1) is 23.6 Å². The van der Waals surface area contributed by atoms with E-state index in [4.69, 9.17) is 5.73 Å². The second-order valence-electron chi connectivity index (χ2n) is 2.21. The summed E-state index contributed by atoms with van der Waals surface area (Å²) in [6.45, 7) is 9.09. The summed E-state index contributed by atoms with van der Waals surface area (Å²) in [5.74, 6) is 0. The fourth-order valence-electron chi connectivity index (χ4n) is 0.657. The van der Waals surface area contributed by atoms with Gasteiger partial charge in [-0.3, -0.25) is 0 Å². The van der Waals surface area contributed by atoms with E-state index in [0.29, 0.717) is 5.57 Å². The molecule has 1 N–H and O–H groups in total. The lowest BCUT2D eigenvalue weighted by Crippen LogP contribution is -1.82. The molecule has 0 bridgehead atoms. The summed E-state index contributed by atoms with van der Waals surface area (Å²) < 4.78 is 0. The Morgan fingerprint density at radius 2 is 2.27 bits per heavy atom. The summed E-state index contributed by atoms with van der Waals surface area (Å²) in [6, 6.07) is 0. The van der Waals surface area contributed by atoms with Gasteiger partial charge < -0.3 is 5.73 Å². The predicted molar refractivity (Wildman–Crippen MR) is 49.3 cm³/mol. The molecule has 0 aliphatic carbocycles. The molecule has 11 heavy (non-hydrogen) atoms. The smallest absolute Gasteiger partial charge is 0.0901 e. The minimum atomic E-state index is 0.232. The van der Waals surface area contributed by atoms with E-state index in [-0.39, 0.29) is 5.70 Å². The number of thiazole rings is 1. The fourth-order valence-corrected chi connectivity index (χ4v) is 1.28. The van der Waals surface area contributed by atoms with E-state index in [9.17, 15) is 0 Å². The Hall–Kier alpha value is -1.09. The molecule has 0 radical (unpaired) electrons. The topological polar surface area (TPSA) is 36.7 Å². The van der Waals surface area contributed by atoms with Crippen LogP contribution in [0.1, 0.15) is 10.7 Å². The van der Waals surface area contributed by atoms with Crippen LogP contribution < -0.4 is 0 Å².